The number of nitrogen functional groups attached to an aromatic ring is 1. The lowest BCUT2D eigenvalue weighted by atomic mass is 10.1. The number of nitriles is 1. The molecule has 2 N–H and O–H groups in total. The Labute approximate surface area is 103 Å². The minimum absolute atomic E-state index is 0.0657. The molecule has 0 atom stereocenters. The molecule has 0 spiro atoms. The number of nitrogens with two attached hydrogens (primary N) is 1. The van der Waals surface area contributed by atoms with Crippen molar-refractivity contribution in [1.29, 1.82) is 5.26 Å². The van der Waals surface area contributed by atoms with E-state index in [1.54, 1.807) is 24.3 Å². The van der Waals surface area contributed by atoms with Crippen LogP contribution in [0.25, 0.3) is 11.3 Å². The first-order valence-corrected chi connectivity index (χ1v) is 5.14. The molecule has 0 amide bonds. The second kappa shape index (κ2) is 4.63. The van der Waals surface area contributed by atoms with Gasteiger partial charge in [-0.15, -0.1) is 0 Å². The first-order valence-electron chi connectivity index (χ1n) is 5.14. The molecule has 2 rings (SSSR count). The van der Waals surface area contributed by atoms with Crippen LogP contribution in [0.1, 0.15) is 15.9 Å². The fourth-order valence-corrected chi connectivity index (χ4v) is 1.55. The SMILES string of the molecule is COC(=O)c1cccc(-c2cc(C#N)c(N)o2)c1. The smallest absolute Gasteiger partial charge is 0.337 e. The number of nitrogens with zero attached hydrogens (tertiary/aromatic N) is 1. The number of ether oxygens (including phenoxy) is 1. The maximum Gasteiger partial charge on any atom is 0.337 e. The predicted octanol–water partition coefficient (Wildman–Crippen LogP) is 2.19. The molecule has 0 unspecified atom stereocenters. The van der Waals surface area contributed by atoms with Crippen LogP contribution in [0.2, 0.25) is 0 Å². The second-order valence-corrected chi connectivity index (χ2v) is 3.57. The van der Waals surface area contributed by atoms with Crippen molar-refractivity contribution in [2.24, 2.45) is 0 Å². The van der Waals surface area contributed by atoms with Gasteiger partial charge in [0.2, 0.25) is 5.88 Å². The van der Waals surface area contributed by atoms with E-state index in [4.69, 9.17) is 15.4 Å². The first kappa shape index (κ1) is 11.7. The van der Waals surface area contributed by atoms with Gasteiger partial charge < -0.3 is 14.9 Å². The van der Waals surface area contributed by atoms with Gasteiger partial charge in [-0.3, -0.25) is 0 Å². The van der Waals surface area contributed by atoms with Crippen LogP contribution in [0.3, 0.4) is 0 Å². The summed E-state index contributed by atoms with van der Waals surface area (Å²) in [5.74, 6) is 0.0719. The van der Waals surface area contributed by atoms with E-state index in [0.717, 1.165) is 0 Å². The van der Waals surface area contributed by atoms with E-state index in [1.165, 1.54) is 13.2 Å². The van der Waals surface area contributed by atoms with Crippen LogP contribution in [0.4, 0.5) is 5.88 Å². The van der Waals surface area contributed by atoms with Gasteiger partial charge in [-0.1, -0.05) is 12.1 Å². The van der Waals surface area contributed by atoms with Crippen LogP contribution in [0, 0.1) is 11.3 Å². The van der Waals surface area contributed by atoms with Gasteiger partial charge in [0.05, 0.1) is 12.7 Å². The summed E-state index contributed by atoms with van der Waals surface area (Å²) in [7, 11) is 1.31. The van der Waals surface area contributed by atoms with Gasteiger partial charge in [-0.25, -0.2) is 4.79 Å². The number of furan rings is 1. The van der Waals surface area contributed by atoms with Crippen molar-refractivity contribution in [3.05, 3.63) is 41.5 Å². The standard InChI is InChI=1S/C13H10N2O3/c1-17-13(16)9-4-2-3-8(5-9)11-6-10(7-14)12(15)18-11/h2-6H,15H2,1H3. The third-order valence-corrected chi connectivity index (χ3v) is 2.45. The Balaban J connectivity index is 2.45. The van der Waals surface area contributed by atoms with Crippen molar-refractivity contribution in [3.8, 4) is 17.4 Å². The quantitative estimate of drug-likeness (QED) is 0.815. The molecule has 90 valence electrons. The van der Waals surface area contributed by atoms with Crippen LogP contribution in [0.15, 0.2) is 34.7 Å². The number of esters is 1. The van der Waals surface area contributed by atoms with Gasteiger partial charge in [0.25, 0.3) is 0 Å². The first-order chi connectivity index (χ1) is 8.65. The molecule has 5 nitrogen and oxygen atoms in total. The van der Waals surface area contributed by atoms with Crippen molar-refractivity contribution in [3.63, 3.8) is 0 Å². The number of methoxy groups -OCH3 is 1. The van der Waals surface area contributed by atoms with Gasteiger partial charge in [0, 0.05) is 11.6 Å². The molecular weight excluding hydrogens is 232 g/mol. The van der Waals surface area contributed by atoms with E-state index in [9.17, 15) is 4.79 Å². The highest BCUT2D eigenvalue weighted by molar-refractivity contribution is 5.90. The molecule has 0 fully saturated rings. The number of hydrogen-bond donors (Lipinski definition) is 1. The number of carbonyl (C=O) groups is 1. The highest BCUT2D eigenvalue weighted by Crippen LogP contribution is 2.27. The maximum absolute atomic E-state index is 11.4. The maximum atomic E-state index is 11.4. The van der Waals surface area contributed by atoms with Gasteiger partial charge in [0.15, 0.2) is 0 Å². The summed E-state index contributed by atoms with van der Waals surface area (Å²) in [6, 6.07) is 10.2. The molecule has 0 aliphatic rings. The van der Waals surface area contributed by atoms with Crippen molar-refractivity contribution in [2.75, 3.05) is 12.8 Å². The zero-order valence-corrected chi connectivity index (χ0v) is 9.64. The van der Waals surface area contributed by atoms with Gasteiger partial charge >= 0.3 is 5.97 Å². The van der Waals surface area contributed by atoms with Crippen molar-refractivity contribution < 1.29 is 13.9 Å². The molecule has 0 bridgehead atoms. The molecule has 0 aliphatic heterocycles. The minimum atomic E-state index is -0.433. The number of anilines is 1. The molecule has 1 aromatic carbocycles. The van der Waals surface area contributed by atoms with E-state index in [-0.39, 0.29) is 11.4 Å². The normalized spacial score (nSPS) is 9.78. The van der Waals surface area contributed by atoms with Gasteiger partial charge in [0.1, 0.15) is 17.4 Å². The van der Waals surface area contributed by atoms with Crippen LogP contribution in [0.5, 0.6) is 0 Å². The van der Waals surface area contributed by atoms with Crippen LogP contribution >= 0.6 is 0 Å². The lowest BCUT2D eigenvalue weighted by Crippen LogP contribution is -2.00. The Kier molecular flexibility index (Phi) is 3.02. The van der Waals surface area contributed by atoms with Crippen LogP contribution < -0.4 is 5.73 Å². The topological polar surface area (TPSA) is 89.2 Å². The highest BCUT2D eigenvalue weighted by Gasteiger charge is 2.12. The van der Waals surface area contributed by atoms with Crippen molar-refractivity contribution in [2.45, 2.75) is 0 Å². The Morgan fingerprint density at radius 3 is 2.83 bits per heavy atom. The Bertz CT molecular complexity index is 638. The second-order valence-electron chi connectivity index (χ2n) is 3.57. The van der Waals surface area contributed by atoms with E-state index in [1.807, 2.05) is 6.07 Å². The molecule has 2 aromatic rings. The molecule has 0 saturated carbocycles. The minimum Gasteiger partial charge on any atom is -0.465 e. The number of carbonyl (C=O) groups excluding carboxylic acids is 1. The Morgan fingerprint density at radius 1 is 1.44 bits per heavy atom. The summed E-state index contributed by atoms with van der Waals surface area (Å²) in [5, 5.41) is 8.80. The third kappa shape index (κ3) is 2.04. The summed E-state index contributed by atoms with van der Waals surface area (Å²) in [6.07, 6.45) is 0. The zero-order valence-electron chi connectivity index (χ0n) is 9.64. The zero-order chi connectivity index (χ0) is 13.1. The fraction of sp³-hybridized carbons (Fsp3) is 0.0769. The largest absolute Gasteiger partial charge is 0.465 e. The van der Waals surface area contributed by atoms with E-state index < -0.39 is 5.97 Å². The number of rotatable bonds is 2. The highest BCUT2D eigenvalue weighted by atomic mass is 16.5. The average molecular weight is 242 g/mol. The monoisotopic (exact) mass is 242 g/mol. The molecule has 5 heteroatoms. The summed E-state index contributed by atoms with van der Waals surface area (Å²) >= 11 is 0. The third-order valence-electron chi connectivity index (χ3n) is 2.45. The number of benzene rings is 1. The lowest BCUT2D eigenvalue weighted by Gasteiger charge is -2.01. The molecule has 18 heavy (non-hydrogen) atoms. The Morgan fingerprint density at radius 2 is 2.22 bits per heavy atom. The summed E-state index contributed by atoms with van der Waals surface area (Å²) in [4.78, 5) is 11.4. The van der Waals surface area contributed by atoms with Crippen molar-refractivity contribution in [1.82, 2.24) is 0 Å². The molecule has 0 radical (unpaired) electrons. The number of hydrogen-bond acceptors (Lipinski definition) is 5. The molecule has 1 heterocycles. The van der Waals surface area contributed by atoms with Crippen molar-refractivity contribution >= 4 is 11.9 Å². The Hall–Kier alpha value is -2.74. The molecule has 0 aliphatic carbocycles. The van der Waals surface area contributed by atoms with E-state index in [0.29, 0.717) is 16.9 Å². The van der Waals surface area contributed by atoms with Gasteiger partial charge in [-0.2, -0.15) is 5.26 Å². The van der Waals surface area contributed by atoms with E-state index in [2.05, 4.69) is 4.74 Å². The lowest BCUT2D eigenvalue weighted by molar-refractivity contribution is 0.0601. The van der Waals surface area contributed by atoms with Crippen LogP contribution in [-0.4, -0.2) is 13.1 Å². The molecule has 1 aromatic heterocycles. The summed E-state index contributed by atoms with van der Waals surface area (Å²) in [5.41, 5.74) is 6.87. The van der Waals surface area contributed by atoms with Gasteiger partial charge in [-0.05, 0) is 12.1 Å². The molecule has 0 saturated heterocycles. The predicted molar refractivity (Wildman–Crippen MR) is 64.6 cm³/mol. The van der Waals surface area contributed by atoms with Crippen LogP contribution in [-0.2, 0) is 4.74 Å². The fourth-order valence-electron chi connectivity index (χ4n) is 1.55. The average Bonchev–Trinajstić information content (AvgIpc) is 2.79. The summed E-state index contributed by atoms with van der Waals surface area (Å²) in [6.45, 7) is 0. The summed E-state index contributed by atoms with van der Waals surface area (Å²) < 4.78 is 9.89. The molecular formula is C13H10N2O3. The van der Waals surface area contributed by atoms with E-state index >= 15 is 0 Å².